The average Bonchev–Trinajstić information content (AvgIpc) is 2.00. The minimum absolute atomic E-state index is 0.110. The summed E-state index contributed by atoms with van der Waals surface area (Å²) in [6.45, 7) is 7.57. The first kappa shape index (κ1) is 11.2. The number of aliphatic hydroxyl groups is 1. The Hall–Kier alpha value is -0.830. The van der Waals surface area contributed by atoms with Gasteiger partial charge in [0.2, 0.25) is 0 Å². The molecule has 0 spiro atoms. The highest BCUT2D eigenvalue weighted by molar-refractivity contribution is 5.81. The van der Waals surface area contributed by atoms with Crippen LogP contribution in [0.2, 0.25) is 0 Å². The number of aliphatic hydroxyl groups excluding tert-OH is 1. The Morgan fingerprint density at radius 3 is 2.67 bits per heavy atom. The molecule has 70 valence electrons. The minimum atomic E-state index is -0.416. The van der Waals surface area contributed by atoms with Crippen molar-refractivity contribution in [3.05, 3.63) is 12.7 Å². The molecule has 0 aromatic rings. The Morgan fingerprint density at radius 1 is 1.67 bits per heavy atom. The lowest BCUT2D eigenvalue weighted by atomic mass is 9.91. The summed E-state index contributed by atoms with van der Waals surface area (Å²) < 4.78 is 4.84. The average molecular weight is 172 g/mol. The SMILES string of the molecule is C=CC(=O)OCC(C)(C)CCO. The fourth-order valence-electron chi connectivity index (χ4n) is 0.700. The van der Waals surface area contributed by atoms with Gasteiger partial charge in [0.1, 0.15) is 0 Å². The highest BCUT2D eigenvalue weighted by Crippen LogP contribution is 2.19. The van der Waals surface area contributed by atoms with Crippen LogP contribution in [0.25, 0.3) is 0 Å². The number of hydrogen-bond donors (Lipinski definition) is 1. The normalized spacial score (nSPS) is 10.9. The van der Waals surface area contributed by atoms with E-state index >= 15 is 0 Å². The summed E-state index contributed by atoms with van der Waals surface area (Å²) in [4.78, 5) is 10.7. The zero-order valence-corrected chi connectivity index (χ0v) is 7.67. The Balaban J connectivity index is 3.74. The second-order valence-corrected chi connectivity index (χ2v) is 3.45. The molecule has 0 rings (SSSR count). The second kappa shape index (κ2) is 4.93. The molecule has 0 radical (unpaired) electrons. The van der Waals surface area contributed by atoms with Gasteiger partial charge in [0, 0.05) is 18.1 Å². The number of hydrogen-bond acceptors (Lipinski definition) is 3. The van der Waals surface area contributed by atoms with Crippen molar-refractivity contribution in [2.45, 2.75) is 20.3 Å². The van der Waals surface area contributed by atoms with Crippen LogP contribution >= 0.6 is 0 Å². The van der Waals surface area contributed by atoms with E-state index in [0.717, 1.165) is 6.08 Å². The second-order valence-electron chi connectivity index (χ2n) is 3.45. The smallest absolute Gasteiger partial charge is 0.330 e. The number of rotatable bonds is 5. The third-order valence-electron chi connectivity index (χ3n) is 1.56. The lowest BCUT2D eigenvalue weighted by molar-refractivity contribution is -0.141. The molecule has 0 atom stereocenters. The van der Waals surface area contributed by atoms with E-state index in [1.165, 1.54) is 0 Å². The zero-order valence-electron chi connectivity index (χ0n) is 7.67. The van der Waals surface area contributed by atoms with E-state index in [1.54, 1.807) is 0 Å². The molecule has 0 amide bonds. The fourth-order valence-corrected chi connectivity index (χ4v) is 0.700. The van der Waals surface area contributed by atoms with Crippen LogP contribution in [0, 0.1) is 5.41 Å². The van der Waals surface area contributed by atoms with Crippen LogP contribution in [0.1, 0.15) is 20.3 Å². The summed E-state index contributed by atoms with van der Waals surface area (Å²) in [6.07, 6.45) is 1.76. The van der Waals surface area contributed by atoms with Gasteiger partial charge in [-0.1, -0.05) is 20.4 Å². The van der Waals surface area contributed by atoms with Crippen molar-refractivity contribution in [2.24, 2.45) is 5.41 Å². The molecule has 3 heteroatoms. The Kier molecular flexibility index (Phi) is 4.59. The molecule has 3 nitrogen and oxygen atoms in total. The van der Waals surface area contributed by atoms with Crippen molar-refractivity contribution in [3.8, 4) is 0 Å². The van der Waals surface area contributed by atoms with Gasteiger partial charge in [0.15, 0.2) is 0 Å². The van der Waals surface area contributed by atoms with Gasteiger partial charge in [0.25, 0.3) is 0 Å². The summed E-state index contributed by atoms with van der Waals surface area (Å²) in [6, 6.07) is 0. The standard InChI is InChI=1S/C9H16O3/c1-4-8(11)12-7-9(2,3)5-6-10/h4,10H,1,5-7H2,2-3H3. The van der Waals surface area contributed by atoms with Gasteiger partial charge in [-0.3, -0.25) is 0 Å². The molecule has 0 fully saturated rings. The first-order chi connectivity index (χ1) is 5.52. The molecule has 12 heavy (non-hydrogen) atoms. The van der Waals surface area contributed by atoms with Gasteiger partial charge in [0.05, 0.1) is 6.61 Å². The quantitative estimate of drug-likeness (QED) is 0.499. The molecule has 0 saturated carbocycles. The van der Waals surface area contributed by atoms with Crippen LogP contribution < -0.4 is 0 Å². The Labute approximate surface area is 73.0 Å². The topological polar surface area (TPSA) is 46.5 Å². The summed E-state index contributed by atoms with van der Waals surface area (Å²) in [5.41, 5.74) is -0.159. The van der Waals surface area contributed by atoms with Crippen LogP contribution in [-0.4, -0.2) is 24.3 Å². The van der Waals surface area contributed by atoms with Crippen LogP contribution in [0.15, 0.2) is 12.7 Å². The van der Waals surface area contributed by atoms with E-state index in [0.29, 0.717) is 13.0 Å². The molecule has 0 aliphatic heterocycles. The monoisotopic (exact) mass is 172 g/mol. The van der Waals surface area contributed by atoms with Gasteiger partial charge in [-0.25, -0.2) is 4.79 Å². The van der Waals surface area contributed by atoms with Crippen molar-refractivity contribution in [1.29, 1.82) is 0 Å². The maximum absolute atomic E-state index is 10.7. The lowest BCUT2D eigenvalue weighted by Gasteiger charge is -2.22. The molecule has 0 saturated heterocycles. The fraction of sp³-hybridized carbons (Fsp3) is 0.667. The van der Waals surface area contributed by atoms with E-state index in [4.69, 9.17) is 9.84 Å². The number of carbonyl (C=O) groups excluding carboxylic acids is 1. The van der Waals surface area contributed by atoms with Gasteiger partial charge in [-0.15, -0.1) is 0 Å². The molecular weight excluding hydrogens is 156 g/mol. The molecule has 0 unspecified atom stereocenters. The van der Waals surface area contributed by atoms with Gasteiger partial charge < -0.3 is 9.84 Å². The van der Waals surface area contributed by atoms with Crippen molar-refractivity contribution in [1.82, 2.24) is 0 Å². The van der Waals surface area contributed by atoms with Crippen LogP contribution in [0.4, 0.5) is 0 Å². The largest absolute Gasteiger partial charge is 0.462 e. The predicted octanol–water partition coefficient (Wildman–Crippen LogP) is 1.12. The summed E-state index contributed by atoms with van der Waals surface area (Å²) in [5, 5.41) is 8.66. The van der Waals surface area contributed by atoms with Gasteiger partial charge in [-0.2, -0.15) is 0 Å². The third-order valence-corrected chi connectivity index (χ3v) is 1.56. The first-order valence-electron chi connectivity index (χ1n) is 3.92. The summed E-state index contributed by atoms with van der Waals surface area (Å²) in [7, 11) is 0. The molecule has 0 bridgehead atoms. The third kappa shape index (κ3) is 4.91. The van der Waals surface area contributed by atoms with Gasteiger partial charge >= 0.3 is 5.97 Å². The molecular formula is C9H16O3. The molecule has 0 aliphatic carbocycles. The molecule has 0 aliphatic rings. The van der Waals surface area contributed by atoms with Crippen molar-refractivity contribution >= 4 is 5.97 Å². The summed E-state index contributed by atoms with van der Waals surface area (Å²) in [5.74, 6) is -0.416. The van der Waals surface area contributed by atoms with Crippen LogP contribution in [0.5, 0.6) is 0 Å². The van der Waals surface area contributed by atoms with Crippen LogP contribution in [0.3, 0.4) is 0 Å². The van der Waals surface area contributed by atoms with E-state index in [2.05, 4.69) is 6.58 Å². The van der Waals surface area contributed by atoms with E-state index in [-0.39, 0.29) is 12.0 Å². The van der Waals surface area contributed by atoms with E-state index in [1.807, 2.05) is 13.8 Å². The zero-order chi connectivity index (χ0) is 9.61. The molecule has 0 heterocycles. The number of esters is 1. The predicted molar refractivity (Wildman–Crippen MR) is 46.6 cm³/mol. The Bertz CT molecular complexity index is 161. The highest BCUT2D eigenvalue weighted by atomic mass is 16.5. The van der Waals surface area contributed by atoms with Gasteiger partial charge in [-0.05, 0) is 6.42 Å². The van der Waals surface area contributed by atoms with Crippen molar-refractivity contribution in [3.63, 3.8) is 0 Å². The van der Waals surface area contributed by atoms with E-state index in [9.17, 15) is 4.79 Å². The lowest BCUT2D eigenvalue weighted by Crippen LogP contribution is -2.22. The maximum atomic E-state index is 10.7. The van der Waals surface area contributed by atoms with Crippen molar-refractivity contribution < 1.29 is 14.6 Å². The van der Waals surface area contributed by atoms with Crippen LogP contribution in [-0.2, 0) is 9.53 Å². The highest BCUT2D eigenvalue weighted by Gasteiger charge is 2.18. The first-order valence-corrected chi connectivity index (χ1v) is 3.92. The molecule has 1 N–H and O–H groups in total. The number of carbonyl (C=O) groups is 1. The molecule has 0 aromatic heterocycles. The Morgan fingerprint density at radius 2 is 2.25 bits per heavy atom. The maximum Gasteiger partial charge on any atom is 0.330 e. The molecule has 0 aromatic carbocycles. The van der Waals surface area contributed by atoms with E-state index < -0.39 is 5.97 Å². The number of ether oxygens (including phenoxy) is 1. The summed E-state index contributed by atoms with van der Waals surface area (Å²) >= 11 is 0. The minimum Gasteiger partial charge on any atom is -0.462 e. The van der Waals surface area contributed by atoms with Crippen molar-refractivity contribution in [2.75, 3.05) is 13.2 Å².